The van der Waals surface area contributed by atoms with Gasteiger partial charge in [-0.05, 0) is 34.7 Å². The van der Waals surface area contributed by atoms with E-state index >= 15 is 0 Å². The summed E-state index contributed by atoms with van der Waals surface area (Å²) in [4.78, 5) is 12.3. The van der Waals surface area contributed by atoms with Gasteiger partial charge in [-0.2, -0.15) is 0 Å². The predicted octanol–water partition coefficient (Wildman–Crippen LogP) is 4.28. The highest BCUT2D eigenvalue weighted by molar-refractivity contribution is 5.83. The summed E-state index contributed by atoms with van der Waals surface area (Å²) in [6.45, 7) is 0.637. The number of rotatable bonds is 7. The number of carbonyl (C=O) groups is 1. The number of nitrogens with one attached hydrogen (secondary N) is 1. The van der Waals surface area contributed by atoms with Crippen LogP contribution in [0.25, 0.3) is 10.8 Å². The zero-order valence-electron chi connectivity index (χ0n) is 14.4. The minimum absolute atomic E-state index is 0.0905. The van der Waals surface area contributed by atoms with Gasteiger partial charge in [0.2, 0.25) is 0 Å². The van der Waals surface area contributed by atoms with Crippen LogP contribution >= 0.6 is 0 Å². The zero-order valence-corrected chi connectivity index (χ0v) is 14.4. The number of fused-ring (bicyclic) bond motifs is 1. The highest BCUT2D eigenvalue weighted by Crippen LogP contribution is 2.17. The first kappa shape index (κ1) is 17.2. The van der Waals surface area contributed by atoms with E-state index in [2.05, 4.69) is 47.8 Å². The number of hydrogen-bond acceptors (Lipinski definition) is 2. The molecule has 0 aliphatic rings. The van der Waals surface area contributed by atoms with Gasteiger partial charge in [0.25, 0.3) is 5.91 Å². The van der Waals surface area contributed by atoms with Gasteiger partial charge < -0.3 is 10.1 Å². The van der Waals surface area contributed by atoms with Crippen molar-refractivity contribution in [2.75, 3.05) is 13.7 Å². The summed E-state index contributed by atoms with van der Waals surface area (Å²) in [5, 5.41) is 5.49. The Balaban J connectivity index is 1.51. The molecule has 1 unspecified atom stereocenters. The molecule has 0 aliphatic carbocycles. The van der Waals surface area contributed by atoms with Crippen molar-refractivity contribution in [3.8, 4) is 0 Å². The Morgan fingerprint density at radius 3 is 2.44 bits per heavy atom. The van der Waals surface area contributed by atoms with Gasteiger partial charge in [-0.1, -0.05) is 72.8 Å². The van der Waals surface area contributed by atoms with Crippen molar-refractivity contribution in [3.63, 3.8) is 0 Å². The molecular formula is C22H23NO2. The van der Waals surface area contributed by atoms with Gasteiger partial charge in [0.05, 0.1) is 0 Å². The van der Waals surface area contributed by atoms with E-state index in [-0.39, 0.29) is 5.91 Å². The molecule has 25 heavy (non-hydrogen) atoms. The monoisotopic (exact) mass is 333 g/mol. The van der Waals surface area contributed by atoms with Gasteiger partial charge in [-0.25, -0.2) is 0 Å². The van der Waals surface area contributed by atoms with E-state index in [1.165, 1.54) is 16.3 Å². The molecule has 0 saturated carbocycles. The topological polar surface area (TPSA) is 38.3 Å². The van der Waals surface area contributed by atoms with Crippen LogP contribution in [0.3, 0.4) is 0 Å². The number of amides is 1. The predicted molar refractivity (Wildman–Crippen MR) is 101 cm³/mol. The number of hydrogen-bond donors (Lipinski definition) is 1. The summed E-state index contributed by atoms with van der Waals surface area (Å²) in [6, 6.07) is 24.4. The Morgan fingerprint density at radius 2 is 1.68 bits per heavy atom. The third-order valence-corrected chi connectivity index (χ3v) is 4.33. The van der Waals surface area contributed by atoms with Crippen molar-refractivity contribution < 1.29 is 9.53 Å². The van der Waals surface area contributed by atoms with Crippen LogP contribution in [0, 0.1) is 0 Å². The summed E-state index contributed by atoms with van der Waals surface area (Å²) >= 11 is 0. The van der Waals surface area contributed by atoms with Crippen molar-refractivity contribution in [3.05, 3.63) is 83.9 Å². The first-order valence-electron chi connectivity index (χ1n) is 8.61. The lowest BCUT2D eigenvalue weighted by Crippen LogP contribution is -2.31. The fourth-order valence-corrected chi connectivity index (χ4v) is 3.01. The van der Waals surface area contributed by atoms with E-state index in [4.69, 9.17) is 4.74 Å². The minimum Gasteiger partial charge on any atom is -0.367 e. The Morgan fingerprint density at radius 1 is 0.960 bits per heavy atom. The maximum absolute atomic E-state index is 12.3. The highest BCUT2D eigenvalue weighted by atomic mass is 16.5. The fourth-order valence-electron chi connectivity index (χ4n) is 3.01. The zero-order chi connectivity index (χ0) is 17.5. The van der Waals surface area contributed by atoms with Gasteiger partial charge in [-0.3, -0.25) is 4.79 Å². The first-order chi connectivity index (χ1) is 12.3. The number of ether oxygens (including phenoxy) is 1. The molecule has 3 aromatic carbocycles. The SMILES string of the molecule is COC(C(=O)NCCCc1ccc2ccccc2c1)c1ccccc1. The van der Waals surface area contributed by atoms with E-state index in [1.807, 2.05) is 30.3 Å². The number of methoxy groups -OCH3 is 1. The van der Waals surface area contributed by atoms with E-state index in [0.29, 0.717) is 6.54 Å². The number of carbonyl (C=O) groups excluding carboxylic acids is 1. The van der Waals surface area contributed by atoms with Gasteiger partial charge >= 0.3 is 0 Å². The molecule has 0 fully saturated rings. The van der Waals surface area contributed by atoms with Crippen molar-refractivity contribution in [1.82, 2.24) is 5.32 Å². The molecule has 0 aromatic heterocycles. The van der Waals surface area contributed by atoms with E-state index in [1.54, 1.807) is 7.11 Å². The standard InChI is InChI=1S/C22H23NO2/c1-25-21(19-10-3-2-4-11-19)22(24)23-15-7-8-17-13-14-18-9-5-6-12-20(18)16-17/h2-6,9-14,16,21H,7-8,15H2,1H3,(H,23,24). The Kier molecular flexibility index (Phi) is 5.81. The third kappa shape index (κ3) is 4.46. The number of aryl methyl sites for hydroxylation is 1. The molecule has 1 atom stereocenters. The van der Waals surface area contributed by atoms with Crippen LogP contribution < -0.4 is 5.32 Å². The quantitative estimate of drug-likeness (QED) is 0.656. The van der Waals surface area contributed by atoms with Gasteiger partial charge in [0.15, 0.2) is 6.10 Å². The smallest absolute Gasteiger partial charge is 0.253 e. The fraction of sp³-hybridized carbons (Fsp3) is 0.227. The minimum atomic E-state index is -0.554. The highest BCUT2D eigenvalue weighted by Gasteiger charge is 2.18. The molecule has 128 valence electrons. The molecule has 1 N–H and O–H groups in total. The maximum atomic E-state index is 12.3. The van der Waals surface area contributed by atoms with Crippen molar-refractivity contribution >= 4 is 16.7 Å². The second kappa shape index (κ2) is 8.45. The van der Waals surface area contributed by atoms with Crippen molar-refractivity contribution in [2.24, 2.45) is 0 Å². The first-order valence-corrected chi connectivity index (χ1v) is 8.61. The largest absolute Gasteiger partial charge is 0.367 e. The van der Waals surface area contributed by atoms with Gasteiger partial charge in [-0.15, -0.1) is 0 Å². The lowest BCUT2D eigenvalue weighted by molar-refractivity contribution is -0.131. The second-order valence-corrected chi connectivity index (χ2v) is 6.10. The maximum Gasteiger partial charge on any atom is 0.253 e. The Hall–Kier alpha value is -2.65. The second-order valence-electron chi connectivity index (χ2n) is 6.10. The molecule has 0 aliphatic heterocycles. The van der Waals surface area contributed by atoms with Crippen LogP contribution in [0.15, 0.2) is 72.8 Å². The molecule has 3 nitrogen and oxygen atoms in total. The van der Waals surface area contributed by atoms with Crippen LogP contribution in [0.1, 0.15) is 23.7 Å². The molecule has 1 amide bonds. The molecular weight excluding hydrogens is 310 g/mol. The van der Waals surface area contributed by atoms with Crippen LogP contribution in [-0.4, -0.2) is 19.6 Å². The Bertz CT molecular complexity index is 830. The molecule has 0 spiro atoms. The average molecular weight is 333 g/mol. The molecule has 3 heteroatoms. The van der Waals surface area contributed by atoms with E-state index in [9.17, 15) is 4.79 Å². The van der Waals surface area contributed by atoms with E-state index < -0.39 is 6.10 Å². The van der Waals surface area contributed by atoms with Gasteiger partial charge in [0.1, 0.15) is 0 Å². The summed E-state index contributed by atoms with van der Waals surface area (Å²) in [7, 11) is 1.56. The average Bonchev–Trinajstić information content (AvgIpc) is 2.66. The van der Waals surface area contributed by atoms with Gasteiger partial charge in [0, 0.05) is 13.7 Å². The van der Waals surface area contributed by atoms with Crippen LogP contribution in [-0.2, 0) is 16.0 Å². The summed E-state index contributed by atoms with van der Waals surface area (Å²) in [5.41, 5.74) is 2.16. The molecule has 3 rings (SSSR count). The molecule has 0 heterocycles. The van der Waals surface area contributed by atoms with Crippen LogP contribution in [0.4, 0.5) is 0 Å². The lowest BCUT2D eigenvalue weighted by atomic mass is 10.0. The molecule has 3 aromatic rings. The summed E-state index contributed by atoms with van der Waals surface area (Å²) in [6.07, 6.45) is 1.28. The molecule has 0 radical (unpaired) electrons. The molecule has 0 bridgehead atoms. The number of benzene rings is 3. The summed E-state index contributed by atoms with van der Waals surface area (Å²) < 4.78 is 5.35. The van der Waals surface area contributed by atoms with Crippen LogP contribution in [0.5, 0.6) is 0 Å². The molecule has 0 saturated heterocycles. The lowest BCUT2D eigenvalue weighted by Gasteiger charge is -2.15. The summed E-state index contributed by atoms with van der Waals surface area (Å²) in [5.74, 6) is -0.0905. The van der Waals surface area contributed by atoms with Crippen molar-refractivity contribution in [1.29, 1.82) is 0 Å². The Labute approximate surface area is 148 Å². The van der Waals surface area contributed by atoms with E-state index in [0.717, 1.165) is 18.4 Å². The normalized spacial score (nSPS) is 12.0. The van der Waals surface area contributed by atoms with Crippen LogP contribution in [0.2, 0.25) is 0 Å². The van der Waals surface area contributed by atoms with Crippen molar-refractivity contribution in [2.45, 2.75) is 18.9 Å². The third-order valence-electron chi connectivity index (χ3n) is 4.33.